The molecule has 2 N–H and O–H groups in total. The van der Waals surface area contributed by atoms with E-state index < -0.39 is 0 Å². The van der Waals surface area contributed by atoms with Gasteiger partial charge in [0.25, 0.3) is 0 Å². The van der Waals surface area contributed by atoms with Crippen molar-refractivity contribution in [3.8, 4) is 11.1 Å². The predicted molar refractivity (Wildman–Crippen MR) is 101 cm³/mol. The number of fused-ring (bicyclic) bond motifs is 2. The third kappa shape index (κ3) is 2.45. The van der Waals surface area contributed by atoms with Gasteiger partial charge in [-0.3, -0.25) is 4.98 Å². The molecule has 4 rings (SSSR count). The maximum Gasteiger partial charge on any atom is 0.151 e. The van der Waals surface area contributed by atoms with Crippen molar-refractivity contribution in [2.75, 3.05) is 5.73 Å². The maximum absolute atomic E-state index is 6.21. The van der Waals surface area contributed by atoms with Gasteiger partial charge in [-0.2, -0.15) is 5.10 Å². The van der Waals surface area contributed by atoms with E-state index in [9.17, 15) is 0 Å². The lowest BCUT2D eigenvalue weighted by molar-refractivity contribution is 0.811. The van der Waals surface area contributed by atoms with Crippen molar-refractivity contribution in [1.29, 1.82) is 0 Å². The van der Waals surface area contributed by atoms with Crippen LogP contribution in [0.3, 0.4) is 0 Å². The molecule has 0 bridgehead atoms. The van der Waals surface area contributed by atoms with Crippen LogP contribution in [0.15, 0.2) is 55.5 Å². The van der Waals surface area contributed by atoms with Crippen LogP contribution in [-0.4, -0.2) is 19.6 Å². The van der Waals surface area contributed by atoms with Crippen LogP contribution in [0.1, 0.15) is 17.7 Å². The molecule has 25 heavy (non-hydrogen) atoms. The summed E-state index contributed by atoms with van der Waals surface area (Å²) in [4.78, 5) is 8.80. The fraction of sp³-hybridized carbons (Fsp3) is 0.150. The second-order valence-corrected chi connectivity index (χ2v) is 6.10. The Morgan fingerprint density at radius 1 is 1.24 bits per heavy atom. The van der Waals surface area contributed by atoms with Crippen LogP contribution < -0.4 is 5.73 Å². The smallest absolute Gasteiger partial charge is 0.151 e. The minimum atomic E-state index is 0.478. The molecule has 5 nitrogen and oxygen atoms in total. The van der Waals surface area contributed by atoms with E-state index in [0.717, 1.165) is 51.6 Å². The number of anilines is 1. The van der Waals surface area contributed by atoms with Gasteiger partial charge in [-0.05, 0) is 37.5 Å². The Bertz CT molecular complexity index is 1090. The SMILES string of the molecule is C=CCCc1c(C)c(-c2cnc3ccccc3c2)c2c(N)ncnn12. The van der Waals surface area contributed by atoms with Crippen LogP contribution in [0.5, 0.6) is 0 Å². The normalized spacial score (nSPS) is 11.2. The molecule has 0 unspecified atom stereocenters. The number of nitrogen functional groups attached to an aromatic ring is 1. The minimum absolute atomic E-state index is 0.478. The number of pyridine rings is 1. The van der Waals surface area contributed by atoms with Gasteiger partial charge in [0, 0.05) is 28.4 Å². The Labute approximate surface area is 145 Å². The summed E-state index contributed by atoms with van der Waals surface area (Å²) in [6, 6.07) is 10.2. The molecule has 3 heterocycles. The number of para-hydroxylation sites is 1. The summed E-state index contributed by atoms with van der Waals surface area (Å²) < 4.78 is 1.91. The predicted octanol–water partition coefficient (Wildman–Crippen LogP) is 3.95. The van der Waals surface area contributed by atoms with Crippen molar-refractivity contribution in [2.24, 2.45) is 0 Å². The molecule has 0 atom stereocenters. The van der Waals surface area contributed by atoms with Crippen LogP contribution in [0.4, 0.5) is 5.82 Å². The third-order valence-corrected chi connectivity index (χ3v) is 4.58. The van der Waals surface area contributed by atoms with Gasteiger partial charge in [0.15, 0.2) is 5.82 Å². The number of allylic oxidation sites excluding steroid dienone is 1. The summed E-state index contributed by atoms with van der Waals surface area (Å²) in [5.74, 6) is 0.478. The monoisotopic (exact) mass is 329 g/mol. The second-order valence-electron chi connectivity index (χ2n) is 6.10. The molecule has 0 amide bonds. The highest BCUT2D eigenvalue weighted by molar-refractivity contribution is 5.94. The van der Waals surface area contributed by atoms with Gasteiger partial charge in [-0.25, -0.2) is 9.50 Å². The van der Waals surface area contributed by atoms with E-state index in [2.05, 4.69) is 40.7 Å². The zero-order chi connectivity index (χ0) is 17.4. The Kier molecular flexibility index (Phi) is 3.69. The Morgan fingerprint density at radius 2 is 2.08 bits per heavy atom. The number of nitrogens with zero attached hydrogens (tertiary/aromatic N) is 4. The molecule has 124 valence electrons. The van der Waals surface area contributed by atoms with Crippen molar-refractivity contribution in [3.05, 3.63) is 66.8 Å². The molecule has 0 saturated heterocycles. The van der Waals surface area contributed by atoms with Crippen LogP contribution in [0.2, 0.25) is 0 Å². The van der Waals surface area contributed by atoms with E-state index in [1.165, 1.54) is 6.33 Å². The highest BCUT2D eigenvalue weighted by atomic mass is 15.3. The van der Waals surface area contributed by atoms with Gasteiger partial charge in [-0.1, -0.05) is 24.3 Å². The minimum Gasteiger partial charge on any atom is -0.382 e. The summed E-state index contributed by atoms with van der Waals surface area (Å²) in [5.41, 5.74) is 12.4. The first-order valence-electron chi connectivity index (χ1n) is 8.27. The largest absolute Gasteiger partial charge is 0.382 e. The number of benzene rings is 1. The summed E-state index contributed by atoms with van der Waals surface area (Å²) in [6.45, 7) is 5.93. The fourth-order valence-electron chi connectivity index (χ4n) is 3.38. The number of rotatable bonds is 4. The first-order chi connectivity index (χ1) is 12.2. The molecule has 0 saturated carbocycles. The van der Waals surface area contributed by atoms with Gasteiger partial charge in [0.1, 0.15) is 11.8 Å². The highest BCUT2D eigenvalue weighted by Crippen LogP contribution is 2.35. The van der Waals surface area contributed by atoms with Gasteiger partial charge >= 0.3 is 0 Å². The van der Waals surface area contributed by atoms with E-state index >= 15 is 0 Å². The lowest BCUT2D eigenvalue weighted by Crippen LogP contribution is -2.02. The molecule has 1 aromatic carbocycles. The molecule has 5 heteroatoms. The van der Waals surface area contributed by atoms with E-state index in [1.807, 2.05) is 35.0 Å². The molecule has 3 aromatic heterocycles. The van der Waals surface area contributed by atoms with Crippen molar-refractivity contribution >= 4 is 22.2 Å². The van der Waals surface area contributed by atoms with Crippen LogP contribution in [-0.2, 0) is 6.42 Å². The van der Waals surface area contributed by atoms with E-state index in [1.54, 1.807) is 0 Å². The average molecular weight is 329 g/mol. The summed E-state index contributed by atoms with van der Waals surface area (Å²) in [6.07, 6.45) is 7.05. The molecular formula is C20H19N5. The molecule has 0 aliphatic heterocycles. The Hall–Kier alpha value is -3.21. The summed E-state index contributed by atoms with van der Waals surface area (Å²) in [7, 11) is 0. The average Bonchev–Trinajstić information content (AvgIpc) is 2.92. The molecule has 0 aliphatic rings. The van der Waals surface area contributed by atoms with Gasteiger partial charge < -0.3 is 5.73 Å². The molecule has 0 aliphatic carbocycles. The quantitative estimate of drug-likeness (QED) is 0.576. The van der Waals surface area contributed by atoms with Crippen molar-refractivity contribution in [1.82, 2.24) is 19.6 Å². The van der Waals surface area contributed by atoms with Gasteiger partial charge in [0.05, 0.1) is 5.52 Å². The standard InChI is InChI=1S/C20H19N5/c1-3-4-9-17-13(2)18(19-20(21)23-12-24-25(17)19)15-10-14-7-5-6-8-16(14)22-11-15/h3,5-8,10-12H,1,4,9H2,2H3,(H2,21,23,24). The molecular weight excluding hydrogens is 310 g/mol. The van der Waals surface area contributed by atoms with Crippen molar-refractivity contribution < 1.29 is 0 Å². The van der Waals surface area contributed by atoms with Gasteiger partial charge in [0.2, 0.25) is 0 Å². The summed E-state index contributed by atoms with van der Waals surface area (Å²) >= 11 is 0. The van der Waals surface area contributed by atoms with E-state index in [-0.39, 0.29) is 0 Å². The van der Waals surface area contributed by atoms with Crippen LogP contribution >= 0.6 is 0 Å². The molecule has 0 radical (unpaired) electrons. The number of aryl methyl sites for hydroxylation is 1. The zero-order valence-corrected chi connectivity index (χ0v) is 14.1. The highest BCUT2D eigenvalue weighted by Gasteiger charge is 2.20. The molecule has 0 fully saturated rings. The maximum atomic E-state index is 6.21. The Balaban J connectivity index is 2.02. The van der Waals surface area contributed by atoms with Crippen LogP contribution in [0.25, 0.3) is 27.5 Å². The molecule has 0 spiro atoms. The van der Waals surface area contributed by atoms with Crippen LogP contribution in [0, 0.1) is 6.92 Å². The summed E-state index contributed by atoms with van der Waals surface area (Å²) in [5, 5.41) is 5.53. The number of hydrogen-bond donors (Lipinski definition) is 1. The first kappa shape index (κ1) is 15.3. The number of nitrogens with two attached hydrogens (primary N) is 1. The van der Waals surface area contributed by atoms with Crippen molar-refractivity contribution in [3.63, 3.8) is 0 Å². The van der Waals surface area contributed by atoms with E-state index in [4.69, 9.17) is 5.73 Å². The lowest BCUT2D eigenvalue weighted by Gasteiger charge is -2.05. The number of aromatic nitrogens is 4. The number of hydrogen-bond acceptors (Lipinski definition) is 4. The van der Waals surface area contributed by atoms with Crippen molar-refractivity contribution in [2.45, 2.75) is 19.8 Å². The second kappa shape index (κ2) is 6.02. The fourth-order valence-corrected chi connectivity index (χ4v) is 3.38. The first-order valence-corrected chi connectivity index (χ1v) is 8.27. The lowest BCUT2D eigenvalue weighted by atomic mass is 10.0. The topological polar surface area (TPSA) is 69.1 Å². The van der Waals surface area contributed by atoms with E-state index in [0.29, 0.717) is 5.82 Å². The Morgan fingerprint density at radius 3 is 2.92 bits per heavy atom. The molecule has 4 aromatic rings. The zero-order valence-electron chi connectivity index (χ0n) is 14.1. The third-order valence-electron chi connectivity index (χ3n) is 4.58. The van der Waals surface area contributed by atoms with Gasteiger partial charge in [-0.15, -0.1) is 6.58 Å².